The van der Waals surface area contributed by atoms with E-state index in [0.717, 1.165) is 44.1 Å². The molecule has 2 fully saturated rings. The van der Waals surface area contributed by atoms with E-state index in [9.17, 15) is 14.7 Å². The molecule has 1 atom stereocenters. The van der Waals surface area contributed by atoms with Gasteiger partial charge in [-0.2, -0.15) is 0 Å². The number of benzene rings is 1. The highest BCUT2D eigenvalue weighted by atomic mass is 16.5. The molecule has 124 valence electrons. The number of nitrogens with one attached hydrogen (secondary N) is 1. The minimum absolute atomic E-state index is 0.0204. The van der Waals surface area contributed by atoms with E-state index in [0.29, 0.717) is 0 Å². The number of rotatable bonds is 5. The standard InChI is InChI=1S/C18H23NO4/c20-15(21)12-18(11-5-10-17(18)8-4-9-17)19-16(22)23-13-14-6-2-1-3-7-14/h1-3,6-7H,4-5,8-13H2,(H,19,22)(H,20,21). The Balaban J connectivity index is 1.67. The molecule has 0 radical (unpaired) electrons. The van der Waals surface area contributed by atoms with Crippen LogP contribution >= 0.6 is 0 Å². The topological polar surface area (TPSA) is 75.6 Å². The zero-order chi connectivity index (χ0) is 16.3. The van der Waals surface area contributed by atoms with Crippen molar-refractivity contribution in [3.63, 3.8) is 0 Å². The number of carbonyl (C=O) groups is 2. The lowest BCUT2D eigenvalue weighted by molar-refractivity contribution is -0.141. The molecule has 23 heavy (non-hydrogen) atoms. The summed E-state index contributed by atoms with van der Waals surface area (Å²) in [6.45, 7) is 0.197. The maximum Gasteiger partial charge on any atom is 0.407 e. The summed E-state index contributed by atoms with van der Waals surface area (Å²) >= 11 is 0. The van der Waals surface area contributed by atoms with Crippen molar-refractivity contribution in [2.45, 2.75) is 57.1 Å². The molecule has 2 saturated carbocycles. The predicted octanol–water partition coefficient (Wildman–Crippen LogP) is 3.48. The number of amides is 1. The first-order valence-electron chi connectivity index (χ1n) is 8.26. The van der Waals surface area contributed by atoms with Crippen molar-refractivity contribution >= 4 is 12.1 Å². The molecule has 2 N–H and O–H groups in total. The molecule has 1 unspecified atom stereocenters. The number of aliphatic carboxylic acids is 1. The summed E-state index contributed by atoms with van der Waals surface area (Å²) in [7, 11) is 0. The summed E-state index contributed by atoms with van der Waals surface area (Å²) in [4.78, 5) is 23.6. The second kappa shape index (κ2) is 6.22. The molecule has 1 amide bonds. The van der Waals surface area contributed by atoms with Gasteiger partial charge in [-0.25, -0.2) is 4.79 Å². The molecular weight excluding hydrogens is 294 g/mol. The molecule has 0 saturated heterocycles. The third-order valence-electron chi connectivity index (χ3n) is 5.59. The van der Waals surface area contributed by atoms with E-state index in [-0.39, 0.29) is 18.4 Å². The first-order valence-corrected chi connectivity index (χ1v) is 8.26. The highest BCUT2D eigenvalue weighted by Gasteiger charge is 2.59. The van der Waals surface area contributed by atoms with E-state index >= 15 is 0 Å². The molecule has 2 aliphatic carbocycles. The van der Waals surface area contributed by atoms with Crippen LogP contribution in [0.15, 0.2) is 30.3 Å². The lowest BCUT2D eigenvalue weighted by Crippen LogP contribution is -2.60. The van der Waals surface area contributed by atoms with Crippen molar-refractivity contribution in [1.82, 2.24) is 5.32 Å². The third-order valence-corrected chi connectivity index (χ3v) is 5.59. The van der Waals surface area contributed by atoms with Gasteiger partial charge in [0.15, 0.2) is 0 Å². The van der Waals surface area contributed by atoms with Gasteiger partial charge < -0.3 is 15.2 Å². The van der Waals surface area contributed by atoms with Crippen molar-refractivity contribution in [3.8, 4) is 0 Å². The van der Waals surface area contributed by atoms with E-state index in [1.807, 2.05) is 30.3 Å². The summed E-state index contributed by atoms with van der Waals surface area (Å²) in [6, 6.07) is 9.47. The van der Waals surface area contributed by atoms with Crippen molar-refractivity contribution in [1.29, 1.82) is 0 Å². The highest BCUT2D eigenvalue weighted by Crippen LogP contribution is 2.60. The van der Waals surface area contributed by atoms with E-state index in [1.54, 1.807) is 0 Å². The summed E-state index contributed by atoms with van der Waals surface area (Å²) < 4.78 is 5.32. The second-order valence-corrected chi connectivity index (χ2v) is 6.83. The van der Waals surface area contributed by atoms with Crippen LogP contribution in [0.1, 0.15) is 50.5 Å². The number of carboxylic acids is 1. The van der Waals surface area contributed by atoms with E-state index in [1.165, 1.54) is 0 Å². The molecule has 5 heteroatoms. The van der Waals surface area contributed by atoms with Crippen molar-refractivity contribution in [2.24, 2.45) is 5.41 Å². The van der Waals surface area contributed by atoms with Crippen molar-refractivity contribution in [2.75, 3.05) is 0 Å². The van der Waals surface area contributed by atoms with Gasteiger partial charge in [0.05, 0.1) is 12.0 Å². The number of hydrogen-bond acceptors (Lipinski definition) is 3. The van der Waals surface area contributed by atoms with Crippen LogP contribution in [0.5, 0.6) is 0 Å². The van der Waals surface area contributed by atoms with Crippen LogP contribution in [-0.4, -0.2) is 22.7 Å². The molecule has 5 nitrogen and oxygen atoms in total. The van der Waals surface area contributed by atoms with Crippen LogP contribution in [0.2, 0.25) is 0 Å². The van der Waals surface area contributed by atoms with E-state index in [2.05, 4.69) is 5.32 Å². The number of hydrogen-bond donors (Lipinski definition) is 2. The van der Waals surface area contributed by atoms with Crippen LogP contribution in [0.4, 0.5) is 4.79 Å². The summed E-state index contributed by atoms with van der Waals surface area (Å²) in [6.07, 6.45) is 5.27. The molecule has 1 aromatic rings. The molecule has 1 aromatic carbocycles. The quantitative estimate of drug-likeness (QED) is 0.872. The minimum Gasteiger partial charge on any atom is -0.481 e. The van der Waals surface area contributed by atoms with Crippen LogP contribution in [0, 0.1) is 5.41 Å². The zero-order valence-corrected chi connectivity index (χ0v) is 13.2. The molecule has 2 aliphatic rings. The lowest BCUT2D eigenvalue weighted by Gasteiger charge is -2.51. The number of carbonyl (C=O) groups excluding carboxylic acids is 1. The first-order chi connectivity index (χ1) is 11.1. The molecule has 0 aliphatic heterocycles. The van der Waals surface area contributed by atoms with Crippen molar-refractivity contribution < 1.29 is 19.4 Å². The van der Waals surface area contributed by atoms with Gasteiger partial charge in [0.1, 0.15) is 6.61 Å². The van der Waals surface area contributed by atoms with E-state index in [4.69, 9.17) is 4.74 Å². The smallest absolute Gasteiger partial charge is 0.407 e. The molecule has 0 heterocycles. The summed E-state index contributed by atoms with van der Waals surface area (Å²) in [5.74, 6) is -0.860. The molecule has 0 bridgehead atoms. The molecule has 1 spiro atoms. The van der Waals surface area contributed by atoms with Gasteiger partial charge in [-0.1, -0.05) is 43.2 Å². The monoisotopic (exact) mass is 317 g/mol. The van der Waals surface area contributed by atoms with Crippen LogP contribution in [0.25, 0.3) is 0 Å². The van der Waals surface area contributed by atoms with Crippen LogP contribution in [-0.2, 0) is 16.1 Å². The minimum atomic E-state index is -0.860. The Bertz CT molecular complexity index is 582. The van der Waals surface area contributed by atoms with Gasteiger partial charge in [0.2, 0.25) is 0 Å². The summed E-state index contributed by atoms with van der Waals surface area (Å²) in [5, 5.41) is 12.3. The predicted molar refractivity (Wildman–Crippen MR) is 84.9 cm³/mol. The fourth-order valence-corrected chi connectivity index (χ4v) is 4.29. The Hall–Kier alpha value is -2.04. The fraction of sp³-hybridized carbons (Fsp3) is 0.556. The maximum atomic E-state index is 12.3. The summed E-state index contributed by atoms with van der Waals surface area (Å²) in [5.41, 5.74) is 0.224. The number of carboxylic acid groups (broad SMARTS) is 1. The van der Waals surface area contributed by atoms with Gasteiger partial charge in [-0.15, -0.1) is 0 Å². The van der Waals surface area contributed by atoms with Gasteiger partial charge in [-0.05, 0) is 36.7 Å². The maximum absolute atomic E-state index is 12.3. The molecular formula is C18H23NO4. The highest BCUT2D eigenvalue weighted by molar-refractivity contribution is 5.73. The Morgan fingerprint density at radius 3 is 2.35 bits per heavy atom. The Labute approximate surface area is 136 Å². The Morgan fingerprint density at radius 2 is 1.74 bits per heavy atom. The third kappa shape index (κ3) is 3.05. The zero-order valence-electron chi connectivity index (χ0n) is 13.2. The van der Waals surface area contributed by atoms with Gasteiger partial charge in [0, 0.05) is 0 Å². The number of alkyl carbamates (subject to hydrolysis) is 1. The van der Waals surface area contributed by atoms with Crippen LogP contribution < -0.4 is 5.32 Å². The van der Waals surface area contributed by atoms with Gasteiger partial charge in [0.25, 0.3) is 0 Å². The number of ether oxygens (including phenoxy) is 1. The first kappa shape index (κ1) is 15.8. The largest absolute Gasteiger partial charge is 0.481 e. The van der Waals surface area contributed by atoms with Crippen molar-refractivity contribution in [3.05, 3.63) is 35.9 Å². The second-order valence-electron chi connectivity index (χ2n) is 6.83. The lowest BCUT2D eigenvalue weighted by atomic mass is 9.57. The average molecular weight is 317 g/mol. The molecule has 3 rings (SSSR count). The Morgan fingerprint density at radius 1 is 1.09 bits per heavy atom. The molecule has 0 aromatic heterocycles. The van der Waals surface area contributed by atoms with Crippen LogP contribution in [0.3, 0.4) is 0 Å². The van der Waals surface area contributed by atoms with Gasteiger partial charge >= 0.3 is 12.1 Å². The van der Waals surface area contributed by atoms with E-state index < -0.39 is 17.6 Å². The SMILES string of the molecule is O=C(O)CC1(NC(=O)OCc2ccccc2)CCCC12CCC2. The average Bonchev–Trinajstić information content (AvgIpc) is 2.84. The Kier molecular flexibility index (Phi) is 4.28. The fourth-order valence-electron chi connectivity index (χ4n) is 4.29. The van der Waals surface area contributed by atoms with Gasteiger partial charge in [-0.3, -0.25) is 4.79 Å². The normalized spacial score (nSPS) is 24.9.